The first kappa shape index (κ1) is 20.4. The number of sulfonamides is 1. The summed E-state index contributed by atoms with van der Waals surface area (Å²) in [5.74, 6) is -0.148. The second kappa shape index (κ2) is 8.75. The molecule has 6 nitrogen and oxygen atoms in total. The van der Waals surface area contributed by atoms with Gasteiger partial charge in [-0.1, -0.05) is 48.0 Å². The van der Waals surface area contributed by atoms with E-state index in [4.69, 9.17) is 0 Å². The fourth-order valence-electron chi connectivity index (χ4n) is 3.47. The van der Waals surface area contributed by atoms with Gasteiger partial charge in [0.1, 0.15) is 13.1 Å². The minimum Gasteiger partial charge on any atom is -0.330 e. The Kier molecular flexibility index (Phi) is 6.36. The molecule has 0 bridgehead atoms. The molecule has 28 heavy (non-hydrogen) atoms. The molecule has 2 aromatic carbocycles. The maximum absolute atomic E-state index is 12.8. The van der Waals surface area contributed by atoms with Gasteiger partial charge in [0.05, 0.1) is 38.1 Å². The molecule has 0 aliphatic carbocycles. The average molecular weight is 403 g/mol. The smallest absolute Gasteiger partial charge is 0.243 e. The maximum Gasteiger partial charge on any atom is 0.243 e. The van der Waals surface area contributed by atoms with Crippen molar-refractivity contribution in [1.29, 1.82) is 0 Å². The average Bonchev–Trinajstić information content (AvgIpc) is 2.67. The van der Waals surface area contributed by atoms with Crippen molar-refractivity contribution >= 4 is 21.6 Å². The topological polar surface area (TPSA) is 62.1 Å². The van der Waals surface area contributed by atoms with Crippen LogP contribution in [0, 0.1) is 6.92 Å². The third-order valence-corrected chi connectivity index (χ3v) is 6.26. The number of nitrogens with one attached hydrogen (secondary N) is 1. The number of amides is 1. The molecule has 1 N–H and O–H groups in total. The number of carbonyl (C=O) groups excluding carboxylic acids is 1. The molecule has 0 atom stereocenters. The van der Waals surface area contributed by atoms with E-state index in [1.54, 1.807) is 17.0 Å². The Morgan fingerprint density at radius 1 is 1.04 bits per heavy atom. The summed E-state index contributed by atoms with van der Waals surface area (Å²) in [6, 6.07) is 17.5. The Morgan fingerprint density at radius 2 is 1.64 bits per heavy atom. The highest BCUT2D eigenvalue weighted by Gasteiger charge is 2.27. The van der Waals surface area contributed by atoms with Crippen LogP contribution in [-0.4, -0.2) is 58.2 Å². The van der Waals surface area contributed by atoms with Crippen molar-refractivity contribution in [1.82, 2.24) is 4.90 Å². The molecule has 7 heteroatoms. The van der Waals surface area contributed by atoms with E-state index >= 15 is 0 Å². The molecule has 3 rings (SSSR count). The molecule has 2 aromatic rings. The second-order valence-corrected chi connectivity index (χ2v) is 9.31. The van der Waals surface area contributed by atoms with Crippen LogP contribution in [-0.2, 0) is 21.4 Å². The Balaban J connectivity index is 1.60. The summed E-state index contributed by atoms with van der Waals surface area (Å²) in [5, 5.41) is 0. The highest BCUT2D eigenvalue weighted by molar-refractivity contribution is 7.92. The fraction of sp³-hybridized carbons (Fsp3) is 0.381. The Bertz CT molecular complexity index is 890. The molecule has 0 saturated carbocycles. The minimum atomic E-state index is -3.54. The number of anilines is 1. The van der Waals surface area contributed by atoms with Crippen LogP contribution < -0.4 is 9.21 Å². The van der Waals surface area contributed by atoms with Gasteiger partial charge in [-0.15, -0.1) is 0 Å². The third kappa shape index (κ3) is 5.33. The molecule has 1 aliphatic rings. The maximum atomic E-state index is 12.8. The number of aryl methyl sites for hydroxylation is 1. The number of hydrogen-bond donors (Lipinski definition) is 1. The number of hydrogen-bond acceptors (Lipinski definition) is 3. The lowest BCUT2D eigenvalue weighted by molar-refractivity contribution is -0.917. The van der Waals surface area contributed by atoms with Crippen LogP contribution in [0.5, 0.6) is 0 Å². The van der Waals surface area contributed by atoms with Crippen LogP contribution in [0.3, 0.4) is 0 Å². The van der Waals surface area contributed by atoms with Crippen molar-refractivity contribution in [3.63, 3.8) is 0 Å². The summed E-state index contributed by atoms with van der Waals surface area (Å²) in [6.07, 6.45) is 1.14. The summed E-state index contributed by atoms with van der Waals surface area (Å²) in [6.45, 7) is 5.75. The van der Waals surface area contributed by atoms with Crippen molar-refractivity contribution < 1.29 is 18.1 Å². The molecule has 150 valence electrons. The summed E-state index contributed by atoms with van der Waals surface area (Å²) in [5.41, 5.74) is 2.86. The Labute approximate surface area is 167 Å². The van der Waals surface area contributed by atoms with Gasteiger partial charge >= 0.3 is 0 Å². The molecule has 0 unspecified atom stereocenters. The van der Waals surface area contributed by atoms with Crippen LogP contribution >= 0.6 is 0 Å². The van der Waals surface area contributed by atoms with Gasteiger partial charge in [-0.05, 0) is 19.1 Å². The number of nitrogens with zero attached hydrogens (tertiary/aromatic N) is 2. The van der Waals surface area contributed by atoms with Crippen molar-refractivity contribution in [3.8, 4) is 0 Å². The first-order valence-electron chi connectivity index (χ1n) is 9.52. The number of quaternary nitrogens is 1. The largest absolute Gasteiger partial charge is 0.330 e. The quantitative estimate of drug-likeness (QED) is 0.773. The molecule has 1 amide bonds. The van der Waals surface area contributed by atoms with Crippen molar-refractivity contribution in [2.24, 2.45) is 0 Å². The molecular formula is C21H28N3O3S+. The molecule has 0 spiro atoms. The number of carbonyl (C=O) groups is 1. The van der Waals surface area contributed by atoms with E-state index < -0.39 is 10.0 Å². The Morgan fingerprint density at radius 3 is 2.21 bits per heavy atom. The fourth-order valence-corrected chi connectivity index (χ4v) is 4.32. The van der Waals surface area contributed by atoms with E-state index in [0.29, 0.717) is 18.8 Å². The second-order valence-electron chi connectivity index (χ2n) is 7.40. The van der Waals surface area contributed by atoms with Crippen LogP contribution in [0.25, 0.3) is 0 Å². The molecular weight excluding hydrogens is 374 g/mol. The van der Waals surface area contributed by atoms with E-state index in [1.807, 2.05) is 37.3 Å². The first-order valence-corrected chi connectivity index (χ1v) is 11.4. The monoisotopic (exact) mass is 402 g/mol. The van der Waals surface area contributed by atoms with Crippen LogP contribution in [0.15, 0.2) is 54.6 Å². The van der Waals surface area contributed by atoms with Gasteiger partial charge in [-0.25, -0.2) is 8.42 Å². The molecule has 1 heterocycles. The normalized spacial score (nSPS) is 15.4. The molecule has 1 aliphatic heterocycles. The summed E-state index contributed by atoms with van der Waals surface area (Å²) < 4.78 is 25.7. The summed E-state index contributed by atoms with van der Waals surface area (Å²) in [7, 11) is -3.54. The zero-order valence-electron chi connectivity index (χ0n) is 16.5. The van der Waals surface area contributed by atoms with Crippen molar-refractivity contribution in [2.45, 2.75) is 13.5 Å². The lowest BCUT2D eigenvalue weighted by Crippen LogP contribution is -3.13. The van der Waals surface area contributed by atoms with E-state index in [9.17, 15) is 13.2 Å². The third-order valence-electron chi connectivity index (χ3n) is 5.12. The molecule has 1 fully saturated rings. The lowest BCUT2D eigenvalue weighted by Gasteiger charge is -2.33. The van der Waals surface area contributed by atoms with Crippen molar-refractivity contribution in [3.05, 3.63) is 65.7 Å². The predicted molar refractivity (Wildman–Crippen MR) is 111 cm³/mol. The minimum absolute atomic E-state index is 0.148. The van der Waals surface area contributed by atoms with Crippen LogP contribution in [0.2, 0.25) is 0 Å². The molecule has 1 saturated heterocycles. The predicted octanol–water partition coefficient (Wildman–Crippen LogP) is 0.688. The van der Waals surface area contributed by atoms with E-state index in [-0.39, 0.29) is 12.5 Å². The van der Waals surface area contributed by atoms with Gasteiger partial charge in [-0.3, -0.25) is 9.10 Å². The first-order chi connectivity index (χ1) is 13.3. The van der Waals surface area contributed by atoms with Crippen LogP contribution in [0.1, 0.15) is 11.1 Å². The zero-order chi connectivity index (χ0) is 20.1. The van der Waals surface area contributed by atoms with Crippen molar-refractivity contribution in [2.75, 3.05) is 43.3 Å². The van der Waals surface area contributed by atoms with Gasteiger partial charge < -0.3 is 9.80 Å². The highest BCUT2D eigenvalue weighted by atomic mass is 32.2. The molecule has 0 aromatic heterocycles. The lowest BCUT2D eigenvalue weighted by atomic mass is 10.2. The number of piperazine rings is 1. The van der Waals surface area contributed by atoms with Gasteiger partial charge in [0.2, 0.25) is 15.9 Å². The van der Waals surface area contributed by atoms with E-state index in [1.165, 1.54) is 14.8 Å². The van der Waals surface area contributed by atoms with E-state index in [0.717, 1.165) is 31.5 Å². The summed E-state index contributed by atoms with van der Waals surface area (Å²) >= 11 is 0. The van der Waals surface area contributed by atoms with Crippen LogP contribution in [0.4, 0.5) is 5.69 Å². The molecule has 0 radical (unpaired) electrons. The van der Waals surface area contributed by atoms with Gasteiger partial charge in [-0.2, -0.15) is 0 Å². The number of benzene rings is 2. The highest BCUT2D eigenvalue weighted by Crippen LogP contribution is 2.18. The van der Waals surface area contributed by atoms with Gasteiger partial charge in [0.25, 0.3) is 0 Å². The zero-order valence-corrected chi connectivity index (χ0v) is 17.3. The SMILES string of the molecule is Cc1ccc(N(CC(=O)N2CC[NH+](Cc3ccccc3)CC2)S(C)(=O)=O)cc1. The standard InChI is InChI=1S/C21H27N3O3S/c1-18-8-10-20(11-9-18)24(28(2,26)27)17-21(25)23-14-12-22(13-15-23)16-19-6-4-3-5-7-19/h3-11H,12-17H2,1-2H3/p+1. The Hall–Kier alpha value is -2.38. The van der Waals surface area contributed by atoms with Gasteiger partial charge in [0, 0.05) is 5.56 Å². The summed E-state index contributed by atoms with van der Waals surface area (Å²) in [4.78, 5) is 16.0. The van der Waals surface area contributed by atoms with E-state index in [2.05, 4.69) is 12.1 Å². The number of rotatable bonds is 6. The van der Waals surface area contributed by atoms with Gasteiger partial charge in [0.15, 0.2) is 0 Å².